The molecule has 0 atom stereocenters. The number of benzene rings is 2. The van der Waals surface area contributed by atoms with E-state index in [0.717, 1.165) is 6.07 Å². The van der Waals surface area contributed by atoms with E-state index in [2.05, 4.69) is 0 Å². The van der Waals surface area contributed by atoms with E-state index in [1.807, 2.05) is 0 Å². The molecule has 0 unspecified atom stereocenters. The highest BCUT2D eigenvalue weighted by atomic mass is 35.5. The van der Waals surface area contributed by atoms with Gasteiger partial charge in [0.2, 0.25) is 0 Å². The molecule has 2 aromatic rings. The number of rotatable bonds is 1. The van der Waals surface area contributed by atoms with Gasteiger partial charge in [-0.25, -0.2) is 4.39 Å². The van der Waals surface area contributed by atoms with Crippen LogP contribution >= 0.6 is 11.6 Å². The fourth-order valence-electron chi connectivity index (χ4n) is 2.36. The lowest BCUT2D eigenvalue weighted by atomic mass is 9.94. The van der Waals surface area contributed by atoms with Crippen LogP contribution in [-0.4, -0.2) is 11.6 Å². The van der Waals surface area contributed by atoms with Crippen molar-refractivity contribution in [1.82, 2.24) is 0 Å². The minimum Gasteiger partial charge on any atom is -0.293 e. The zero-order valence-electron chi connectivity index (χ0n) is 9.69. The Morgan fingerprint density at radius 1 is 0.947 bits per heavy atom. The number of hydrogen-bond acceptors (Lipinski definition) is 2. The highest BCUT2D eigenvalue weighted by molar-refractivity contribution is 6.35. The molecule has 0 radical (unpaired) electrons. The van der Waals surface area contributed by atoms with Gasteiger partial charge in [0.05, 0.1) is 0 Å². The lowest BCUT2D eigenvalue weighted by Crippen LogP contribution is -2.13. The van der Waals surface area contributed by atoms with Crippen LogP contribution in [0.1, 0.15) is 32.2 Å². The summed E-state index contributed by atoms with van der Waals surface area (Å²) < 4.78 is 13.3. The number of carbonyl (C=O) groups is 2. The maximum Gasteiger partial charge on any atom is 0.178 e. The summed E-state index contributed by atoms with van der Waals surface area (Å²) in [4.78, 5) is 24.5. The molecule has 19 heavy (non-hydrogen) atoms. The topological polar surface area (TPSA) is 34.1 Å². The standard InChI is InChI=1S/C15H8ClFO2/c16-12-6-5-8(17)7-11(12)13-14(18)9-3-1-2-4-10(9)15(13)19/h1-7,13H. The molecule has 0 N–H and O–H groups in total. The van der Waals surface area contributed by atoms with E-state index in [1.165, 1.54) is 12.1 Å². The Hall–Kier alpha value is -2.00. The molecule has 2 aromatic carbocycles. The number of hydrogen-bond donors (Lipinski definition) is 0. The van der Waals surface area contributed by atoms with Gasteiger partial charge in [-0.1, -0.05) is 35.9 Å². The molecule has 0 saturated heterocycles. The first-order chi connectivity index (χ1) is 9.09. The van der Waals surface area contributed by atoms with E-state index in [4.69, 9.17) is 11.6 Å². The lowest BCUT2D eigenvalue weighted by molar-refractivity contribution is 0.0890. The summed E-state index contributed by atoms with van der Waals surface area (Å²) in [5.41, 5.74) is 0.975. The fourth-order valence-corrected chi connectivity index (χ4v) is 2.59. The number of Topliss-reactive ketones (excluding diaryl/α,β-unsaturated/α-hetero) is 2. The van der Waals surface area contributed by atoms with Gasteiger partial charge in [-0.3, -0.25) is 9.59 Å². The summed E-state index contributed by atoms with van der Waals surface area (Å²) in [5.74, 6) is -2.20. The smallest absolute Gasteiger partial charge is 0.178 e. The van der Waals surface area contributed by atoms with Gasteiger partial charge < -0.3 is 0 Å². The number of halogens is 2. The molecule has 1 aliphatic carbocycles. The SMILES string of the molecule is O=C1c2ccccc2C(=O)C1c1cc(F)ccc1Cl. The van der Waals surface area contributed by atoms with E-state index in [1.54, 1.807) is 24.3 Å². The molecule has 0 amide bonds. The Labute approximate surface area is 113 Å². The van der Waals surface area contributed by atoms with Crippen LogP contribution in [0.4, 0.5) is 4.39 Å². The molecule has 0 aromatic heterocycles. The first-order valence-corrected chi connectivity index (χ1v) is 6.10. The van der Waals surface area contributed by atoms with Crippen LogP contribution in [0, 0.1) is 5.82 Å². The second kappa shape index (κ2) is 4.28. The summed E-state index contributed by atoms with van der Waals surface area (Å²) in [6.07, 6.45) is 0. The molecule has 0 aliphatic heterocycles. The normalized spacial score (nSPS) is 14.8. The molecular weight excluding hydrogens is 267 g/mol. The third kappa shape index (κ3) is 1.78. The number of ketones is 2. The summed E-state index contributed by atoms with van der Waals surface area (Å²) in [6, 6.07) is 10.3. The van der Waals surface area contributed by atoms with Crippen LogP contribution in [-0.2, 0) is 0 Å². The maximum absolute atomic E-state index is 13.3. The first-order valence-electron chi connectivity index (χ1n) is 5.72. The van der Waals surface area contributed by atoms with Gasteiger partial charge in [0.1, 0.15) is 11.7 Å². The van der Waals surface area contributed by atoms with Crippen LogP contribution in [0.15, 0.2) is 42.5 Å². The van der Waals surface area contributed by atoms with Gasteiger partial charge in [0, 0.05) is 16.1 Å². The Morgan fingerprint density at radius 3 is 2.11 bits per heavy atom. The van der Waals surface area contributed by atoms with Gasteiger partial charge in [-0.05, 0) is 23.8 Å². The molecule has 2 nitrogen and oxygen atoms in total. The van der Waals surface area contributed by atoms with Gasteiger partial charge >= 0.3 is 0 Å². The van der Waals surface area contributed by atoms with Crippen molar-refractivity contribution in [3.63, 3.8) is 0 Å². The van der Waals surface area contributed by atoms with Crippen molar-refractivity contribution >= 4 is 23.2 Å². The second-order valence-electron chi connectivity index (χ2n) is 4.37. The predicted molar refractivity (Wildman–Crippen MR) is 69.3 cm³/mol. The molecule has 4 heteroatoms. The first kappa shape index (κ1) is 12.1. The van der Waals surface area contributed by atoms with Crippen molar-refractivity contribution in [1.29, 1.82) is 0 Å². The van der Waals surface area contributed by atoms with E-state index < -0.39 is 11.7 Å². The van der Waals surface area contributed by atoms with Gasteiger partial charge in [-0.2, -0.15) is 0 Å². The van der Waals surface area contributed by atoms with E-state index in [9.17, 15) is 14.0 Å². The maximum atomic E-state index is 13.3. The van der Waals surface area contributed by atoms with Crippen molar-refractivity contribution in [3.8, 4) is 0 Å². The molecule has 0 saturated carbocycles. The number of fused-ring (bicyclic) bond motifs is 1. The minimum absolute atomic E-state index is 0.223. The zero-order valence-corrected chi connectivity index (χ0v) is 10.4. The van der Waals surface area contributed by atoms with Crippen molar-refractivity contribution in [2.75, 3.05) is 0 Å². The van der Waals surface area contributed by atoms with Crippen LogP contribution in [0.25, 0.3) is 0 Å². The molecular formula is C15H8ClFO2. The molecule has 0 heterocycles. The quantitative estimate of drug-likeness (QED) is 0.744. The lowest BCUT2D eigenvalue weighted by Gasteiger charge is -2.09. The third-order valence-corrected chi connectivity index (χ3v) is 3.60. The average Bonchev–Trinajstić information content (AvgIpc) is 2.66. The summed E-state index contributed by atoms with van der Waals surface area (Å²) in [6.45, 7) is 0. The second-order valence-corrected chi connectivity index (χ2v) is 4.78. The van der Waals surface area contributed by atoms with E-state index in [-0.39, 0.29) is 22.2 Å². The predicted octanol–water partition coefficient (Wildman–Crippen LogP) is 3.64. The zero-order chi connectivity index (χ0) is 13.6. The summed E-state index contributed by atoms with van der Waals surface area (Å²) >= 11 is 5.98. The molecule has 3 rings (SSSR count). The molecule has 0 fully saturated rings. The van der Waals surface area contributed by atoms with Gasteiger partial charge in [0.25, 0.3) is 0 Å². The molecule has 0 spiro atoms. The Morgan fingerprint density at radius 2 is 1.53 bits per heavy atom. The molecule has 0 bridgehead atoms. The highest BCUT2D eigenvalue weighted by Crippen LogP contribution is 2.37. The minimum atomic E-state index is -1.03. The van der Waals surface area contributed by atoms with Crippen LogP contribution in [0.2, 0.25) is 5.02 Å². The Balaban J connectivity index is 2.17. The van der Waals surface area contributed by atoms with Crippen molar-refractivity contribution in [2.45, 2.75) is 5.92 Å². The Kier molecular flexibility index (Phi) is 2.72. The van der Waals surface area contributed by atoms with Gasteiger partial charge in [0.15, 0.2) is 11.6 Å². The van der Waals surface area contributed by atoms with E-state index >= 15 is 0 Å². The summed E-state index contributed by atoms with van der Waals surface area (Å²) in [5, 5.41) is 0.223. The third-order valence-electron chi connectivity index (χ3n) is 3.25. The fraction of sp³-hybridized carbons (Fsp3) is 0.0667. The van der Waals surface area contributed by atoms with Crippen molar-refractivity contribution < 1.29 is 14.0 Å². The van der Waals surface area contributed by atoms with Crippen LogP contribution in [0.3, 0.4) is 0 Å². The van der Waals surface area contributed by atoms with Crippen molar-refractivity contribution in [2.24, 2.45) is 0 Å². The summed E-state index contributed by atoms with van der Waals surface area (Å²) in [7, 11) is 0. The molecule has 1 aliphatic rings. The van der Waals surface area contributed by atoms with Crippen LogP contribution < -0.4 is 0 Å². The molecule has 94 valence electrons. The monoisotopic (exact) mass is 274 g/mol. The number of carbonyl (C=O) groups excluding carboxylic acids is 2. The van der Waals surface area contributed by atoms with E-state index in [0.29, 0.717) is 11.1 Å². The Bertz CT molecular complexity index is 674. The van der Waals surface area contributed by atoms with Crippen LogP contribution in [0.5, 0.6) is 0 Å². The van der Waals surface area contributed by atoms with Gasteiger partial charge in [-0.15, -0.1) is 0 Å². The van der Waals surface area contributed by atoms with Crippen molar-refractivity contribution in [3.05, 3.63) is 70.0 Å². The largest absolute Gasteiger partial charge is 0.293 e. The average molecular weight is 275 g/mol. The highest BCUT2D eigenvalue weighted by Gasteiger charge is 2.40.